The Morgan fingerprint density at radius 2 is 1.77 bits per heavy atom. The molecule has 0 aromatic rings. The maximum absolute atomic E-state index is 11.3. The fourth-order valence-corrected chi connectivity index (χ4v) is 0.922. The van der Waals surface area contributed by atoms with E-state index >= 15 is 0 Å². The van der Waals surface area contributed by atoms with Crippen molar-refractivity contribution in [2.45, 2.75) is 33.6 Å². The molecule has 0 aliphatic carbocycles. The first-order valence-electron chi connectivity index (χ1n) is 4.45. The van der Waals surface area contributed by atoms with Crippen molar-refractivity contribution in [1.29, 1.82) is 0 Å². The summed E-state index contributed by atoms with van der Waals surface area (Å²) < 4.78 is 0. The zero-order chi connectivity index (χ0) is 10.4. The zero-order valence-corrected chi connectivity index (χ0v) is 8.37. The summed E-state index contributed by atoms with van der Waals surface area (Å²) in [6.45, 7) is 4.92. The number of hydrogen-bond donors (Lipinski definition) is 0. The molecule has 3 nitrogen and oxygen atoms in total. The van der Waals surface area contributed by atoms with Crippen molar-refractivity contribution >= 4 is 17.9 Å². The number of Topliss-reactive ketones (excluding diaryl/α,β-unsaturated/α-hetero) is 2. The first kappa shape index (κ1) is 12.0. The summed E-state index contributed by atoms with van der Waals surface area (Å²) in [5, 5.41) is 0. The number of ketones is 2. The molecule has 0 aromatic carbocycles. The van der Waals surface area contributed by atoms with Crippen LogP contribution in [-0.4, -0.2) is 17.9 Å². The van der Waals surface area contributed by atoms with Gasteiger partial charge in [-0.1, -0.05) is 13.8 Å². The molecule has 0 rings (SSSR count). The monoisotopic (exact) mass is 184 g/mol. The van der Waals surface area contributed by atoms with E-state index in [9.17, 15) is 14.4 Å². The third-order valence-electron chi connectivity index (χ3n) is 2.20. The molecule has 0 radical (unpaired) electrons. The number of hydrogen-bond acceptors (Lipinski definition) is 3. The van der Waals surface area contributed by atoms with E-state index in [2.05, 4.69) is 0 Å². The van der Waals surface area contributed by atoms with Gasteiger partial charge in [0.25, 0.3) is 0 Å². The van der Waals surface area contributed by atoms with E-state index in [4.69, 9.17) is 0 Å². The Morgan fingerprint density at radius 3 is 2.15 bits per heavy atom. The van der Waals surface area contributed by atoms with Crippen LogP contribution in [0.5, 0.6) is 0 Å². The summed E-state index contributed by atoms with van der Waals surface area (Å²) in [6, 6.07) is 0. The maximum atomic E-state index is 11.3. The van der Waals surface area contributed by atoms with Crippen molar-refractivity contribution in [3.05, 3.63) is 0 Å². The molecular formula is C10H16O3. The van der Waals surface area contributed by atoms with Crippen molar-refractivity contribution in [3.63, 3.8) is 0 Å². The van der Waals surface area contributed by atoms with Gasteiger partial charge in [0.15, 0.2) is 0 Å². The van der Waals surface area contributed by atoms with Gasteiger partial charge in [0.2, 0.25) is 0 Å². The van der Waals surface area contributed by atoms with Gasteiger partial charge in [0.1, 0.15) is 17.9 Å². The minimum Gasteiger partial charge on any atom is -0.303 e. The molecule has 0 fully saturated rings. The molecule has 3 heteroatoms. The zero-order valence-electron chi connectivity index (χ0n) is 8.37. The van der Waals surface area contributed by atoms with Crippen LogP contribution in [0.25, 0.3) is 0 Å². The van der Waals surface area contributed by atoms with E-state index in [1.54, 1.807) is 13.8 Å². The summed E-state index contributed by atoms with van der Waals surface area (Å²) >= 11 is 0. The molecule has 0 bridgehead atoms. The van der Waals surface area contributed by atoms with Crippen LogP contribution >= 0.6 is 0 Å². The normalized spacial score (nSPS) is 14.7. The van der Waals surface area contributed by atoms with Gasteiger partial charge in [-0.25, -0.2) is 0 Å². The van der Waals surface area contributed by atoms with Crippen molar-refractivity contribution in [1.82, 2.24) is 0 Å². The Labute approximate surface area is 78.5 Å². The molecular weight excluding hydrogens is 168 g/mol. The Hall–Kier alpha value is -0.990. The molecule has 0 aromatic heterocycles. The van der Waals surface area contributed by atoms with E-state index in [1.165, 1.54) is 6.92 Å². The van der Waals surface area contributed by atoms with Crippen LogP contribution in [0.3, 0.4) is 0 Å². The first-order valence-corrected chi connectivity index (χ1v) is 4.45. The lowest BCUT2D eigenvalue weighted by Crippen LogP contribution is -2.18. The average Bonchev–Trinajstić information content (AvgIpc) is 2.04. The quantitative estimate of drug-likeness (QED) is 0.586. The Balaban J connectivity index is 3.99. The summed E-state index contributed by atoms with van der Waals surface area (Å²) in [6.07, 6.45) is 1.24. The van der Waals surface area contributed by atoms with Crippen LogP contribution in [0.1, 0.15) is 33.6 Å². The Kier molecular flexibility index (Phi) is 5.19. The molecule has 2 atom stereocenters. The van der Waals surface area contributed by atoms with E-state index < -0.39 is 0 Å². The average molecular weight is 184 g/mol. The minimum absolute atomic E-state index is 0.00481. The van der Waals surface area contributed by atoms with Crippen molar-refractivity contribution in [2.24, 2.45) is 11.8 Å². The highest BCUT2D eigenvalue weighted by atomic mass is 16.1. The summed E-state index contributed by atoms with van der Waals surface area (Å²) in [5.74, 6) is -0.456. The SMILES string of the molecule is CC(=O)C(C)CC(=O)C(C)CC=O. The molecule has 0 saturated carbocycles. The van der Waals surface area contributed by atoms with Gasteiger partial charge in [-0.05, 0) is 6.92 Å². The van der Waals surface area contributed by atoms with Gasteiger partial charge in [0, 0.05) is 24.7 Å². The molecule has 0 aliphatic heterocycles. The van der Waals surface area contributed by atoms with Crippen LogP contribution in [0.4, 0.5) is 0 Å². The van der Waals surface area contributed by atoms with Crippen molar-refractivity contribution in [3.8, 4) is 0 Å². The predicted octanol–water partition coefficient (Wildman–Crippen LogP) is 1.40. The molecule has 0 amide bonds. The fourth-order valence-electron chi connectivity index (χ4n) is 0.922. The lowest BCUT2D eigenvalue weighted by atomic mass is 9.93. The Morgan fingerprint density at radius 1 is 1.23 bits per heavy atom. The first-order chi connectivity index (χ1) is 5.99. The lowest BCUT2D eigenvalue weighted by molar-refractivity contribution is -0.128. The summed E-state index contributed by atoms with van der Waals surface area (Å²) in [7, 11) is 0. The predicted molar refractivity (Wildman–Crippen MR) is 49.3 cm³/mol. The molecule has 74 valence electrons. The number of carbonyl (C=O) groups excluding carboxylic acids is 3. The van der Waals surface area contributed by atoms with Crippen LogP contribution < -0.4 is 0 Å². The molecule has 0 N–H and O–H groups in total. The molecule has 0 spiro atoms. The standard InChI is InChI=1S/C10H16O3/c1-7(4-5-11)10(13)6-8(2)9(3)12/h5,7-8H,4,6H2,1-3H3. The van der Waals surface area contributed by atoms with Gasteiger partial charge in [-0.3, -0.25) is 9.59 Å². The van der Waals surface area contributed by atoms with Crippen LogP contribution in [-0.2, 0) is 14.4 Å². The van der Waals surface area contributed by atoms with Gasteiger partial charge in [-0.15, -0.1) is 0 Å². The van der Waals surface area contributed by atoms with E-state index in [0.29, 0.717) is 0 Å². The molecule has 0 aliphatic rings. The Bertz CT molecular complexity index is 208. The van der Waals surface area contributed by atoms with Crippen LogP contribution in [0, 0.1) is 11.8 Å². The highest BCUT2D eigenvalue weighted by Crippen LogP contribution is 2.11. The van der Waals surface area contributed by atoms with E-state index in [1.807, 2.05) is 0 Å². The van der Waals surface area contributed by atoms with Crippen molar-refractivity contribution < 1.29 is 14.4 Å². The van der Waals surface area contributed by atoms with E-state index in [-0.39, 0.29) is 36.2 Å². The van der Waals surface area contributed by atoms with E-state index in [0.717, 1.165) is 6.29 Å². The van der Waals surface area contributed by atoms with Crippen LogP contribution in [0.15, 0.2) is 0 Å². The topological polar surface area (TPSA) is 51.2 Å². The summed E-state index contributed by atoms with van der Waals surface area (Å²) in [5.41, 5.74) is 0. The van der Waals surface area contributed by atoms with Gasteiger partial charge in [0.05, 0.1) is 0 Å². The third-order valence-corrected chi connectivity index (χ3v) is 2.20. The maximum Gasteiger partial charge on any atom is 0.136 e. The van der Waals surface area contributed by atoms with Crippen LogP contribution in [0.2, 0.25) is 0 Å². The van der Waals surface area contributed by atoms with Crippen molar-refractivity contribution in [2.75, 3.05) is 0 Å². The van der Waals surface area contributed by atoms with Gasteiger partial charge in [-0.2, -0.15) is 0 Å². The molecule has 0 heterocycles. The smallest absolute Gasteiger partial charge is 0.136 e. The molecule has 0 saturated heterocycles. The molecule has 2 unspecified atom stereocenters. The number of rotatable bonds is 6. The minimum atomic E-state index is -0.251. The van der Waals surface area contributed by atoms with Gasteiger partial charge >= 0.3 is 0 Å². The molecule has 13 heavy (non-hydrogen) atoms. The number of carbonyl (C=O) groups is 3. The third kappa shape index (κ3) is 4.55. The largest absolute Gasteiger partial charge is 0.303 e. The second-order valence-electron chi connectivity index (χ2n) is 3.49. The highest BCUT2D eigenvalue weighted by molar-refractivity contribution is 5.88. The highest BCUT2D eigenvalue weighted by Gasteiger charge is 2.17. The second-order valence-corrected chi connectivity index (χ2v) is 3.49. The fraction of sp³-hybridized carbons (Fsp3) is 0.700. The second kappa shape index (κ2) is 5.62. The summed E-state index contributed by atoms with van der Waals surface area (Å²) in [4.78, 5) is 32.3. The van der Waals surface area contributed by atoms with Gasteiger partial charge < -0.3 is 4.79 Å². The number of aldehydes is 1. The lowest BCUT2D eigenvalue weighted by Gasteiger charge is -2.09.